The SMILES string of the molecule is O=C(Cc1ccc2nc(N3CCc4ccccc43)oc2c1F)C(F)(O[C@H]1CC[C@H](C(=O)O)CC1)N1CCCC1. The Kier molecular flexibility index (Phi) is 6.84. The zero-order valence-corrected chi connectivity index (χ0v) is 21.6. The molecule has 0 spiro atoms. The van der Waals surface area contributed by atoms with E-state index >= 15 is 8.78 Å². The molecule has 1 unspecified atom stereocenters. The number of halogens is 2. The van der Waals surface area contributed by atoms with Gasteiger partial charge in [-0.25, -0.2) is 9.29 Å². The van der Waals surface area contributed by atoms with E-state index in [0.29, 0.717) is 50.8 Å². The summed E-state index contributed by atoms with van der Waals surface area (Å²) in [7, 11) is 0. The highest BCUT2D eigenvalue weighted by molar-refractivity contribution is 5.88. The number of ether oxygens (including phenoxy) is 1. The van der Waals surface area contributed by atoms with Crippen LogP contribution in [0.3, 0.4) is 0 Å². The number of carbonyl (C=O) groups excluding carboxylic acids is 1. The summed E-state index contributed by atoms with van der Waals surface area (Å²) in [5, 5.41) is 9.26. The minimum Gasteiger partial charge on any atom is -0.481 e. The van der Waals surface area contributed by atoms with E-state index < -0.39 is 42.0 Å². The van der Waals surface area contributed by atoms with Gasteiger partial charge in [0, 0.05) is 31.7 Å². The number of anilines is 2. The molecule has 1 atom stereocenters. The van der Waals surface area contributed by atoms with Crippen molar-refractivity contribution < 1.29 is 32.6 Å². The molecule has 1 saturated heterocycles. The molecule has 8 nitrogen and oxygen atoms in total. The Labute approximate surface area is 224 Å². The van der Waals surface area contributed by atoms with Gasteiger partial charge in [0.05, 0.1) is 12.0 Å². The van der Waals surface area contributed by atoms with E-state index in [2.05, 4.69) is 4.98 Å². The molecular formula is C29H31F2N3O5. The van der Waals surface area contributed by atoms with Crippen molar-refractivity contribution in [2.24, 2.45) is 5.92 Å². The lowest BCUT2D eigenvalue weighted by Crippen LogP contribution is -2.54. The van der Waals surface area contributed by atoms with E-state index in [1.165, 1.54) is 11.0 Å². The van der Waals surface area contributed by atoms with Crippen LogP contribution in [0.25, 0.3) is 11.1 Å². The first kappa shape index (κ1) is 25.9. The quantitative estimate of drug-likeness (QED) is 0.393. The van der Waals surface area contributed by atoms with Crippen LogP contribution in [0.2, 0.25) is 0 Å². The van der Waals surface area contributed by atoms with Crippen LogP contribution in [0.5, 0.6) is 0 Å². The van der Waals surface area contributed by atoms with Gasteiger partial charge in [0.2, 0.25) is 5.78 Å². The number of likely N-dealkylation sites (tertiary alicyclic amines) is 1. The summed E-state index contributed by atoms with van der Waals surface area (Å²) in [4.78, 5) is 32.5. The van der Waals surface area contributed by atoms with Gasteiger partial charge >= 0.3 is 18.0 Å². The Morgan fingerprint density at radius 2 is 1.82 bits per heavy atom. The lowest BCUT2D eigenvalue weighted by atomic mass is 9.87. The number of benzene rings is 2. The van der Waals surface area contributed by atoms with Crippen molar-refractivity contribution in [1.82, 2.24) is 9.88 Å². The highest BCUT2D eigenvalue weighted by atomic mass is 19.2. The minimum absolute atomic E-state index is 0.0106. The van der Waals surface area contributed by atoms with Gasteiger partial charge < -0.3 is 14.3 Å². The Morgan fingerprint density at radius 3 is 2.56 bits per heavy atom. The Hall–Kier alpha value is -3.37. The molecule has 0 radical (unpaired) electrons. The highest BCUT2D eigenvalue weighted by Gasteiger charge is 2.49. The summed E-state index contributed by atoms with van der Waals surface area (Å²) < 4.78 is 43.8. The van der Waals surface area contributed by atoms with Gasteiger partial charge in [0.15, 0.2) is 11.4 Å². The van der Waals surface area contributed by atoms with Crippen molar-refractivity contribution in [2.75, 3.05) is 24.5 Å². The number of para-hydroxylation sites is 1. The predicted octanol–water partition coefficient (Wildman–Crippen LogP) is 5.15. The lowest BCUT2D eigenvalue weighted by molar-refractivity contribution is -0.252. The van der Waals surface area contributed by atoms with Gasteiger partial charge in [-0.15, -0.1) is 0 Å². The Bertz CT molecular complexity index is 1400. The molecule has 6 rings (SSSR count). The standard InChI is InChI=1S/C29H31F2N3O5/c30-25-20(9-12-22-26(25)38-28(32-22)34-16-13-18-5-1-2-6-23(18)34)17-24(35)29(31,33-14-3-4-15-33)39-21-10-7-19(8-11-21)27(36)37/h1-2,5-6,9,12,19,21H,3-4,7-8,10-11,13-17H2,(H,36,37)/t19-,21-,29?. The number of hydrogen-bond donors (Lipinski definition) is 1. The number of nitrogens with zero attached hydrogens (tertiary/aromatic N) is 3. The second kappa shape index (κ2) is 10.3. The molecule has 2 aliphatic heterocycles. The molecule has 3 aliphatic rings. The third kappa shape index (κ3) is 4.80. The maximum absolute atomic E-state index is 16.5. The Morgan fingerprint density at radius 1 is 1.08 bits per heavy atom. The molecule has 3 heterocycles. The number of rotatable bonds is 8. The van der Waals surface area contributed by atoms with Crippen molar-refractivity contribution in [3.05, 3.63) is 53.3 Å². The van der Waals surface area contributed by atoms with Crippen LogP contribution in [-0.4, -0.2) is 58.5 Å². The van der Waals surface area contributed by atoms with Crippen LogP contribution in [0.1, 0.15) is 49.7 Å². The van der Waals surface area contributed by atoms with Gasteiger partial charge in [-0.1, -0.05) is 24.3 Å². The van der Waals surface area contributed by atoms with Crippen molar-refractivity contribution in [3.8, 4) is 0 Å². The molecule has 206 valence electrons. The van der Waals surface area contributed by atoms with Crippen molar-refractivity contribution in [1.29, 1.82) is 0 Å². The first-order chi connectivity index (χ1) is 18.8. The number of fused-ring (bicyclic) bond motifs is 2. The molecule has 0 bridgehead atoms. The number of aliphatic carboxylic acids is 1. The number of hydrogen-bond acceptors (Lipinski definition) is 7. The molecule has 10 heteroatoms. The number of carbonyl (C=O) groups is 2. The van der Waals surface area contributed by atoms with E-state index in [1.807, 2.05) is 29.2 Å². The van der Waals surface area contributed by atoms with E-state index in [-0.39, 0.29) is 17.2 Å². The van der Waals surface area contributed by atoms with E-state index in [0.717, 1.165) is 30.5 Å². The van der Waals surface area contributed by atoms with Crippen LogP contribution in [0, 0.1) is 11.7 Å². The molecule has 2 fully saturated rings. The predicted molar refractivity (Wildman–Crippen MR) is 139 cm³/mol. The van der Waals surface area contributed by atoms with Gasteiger partial charge in [0.1, 0.15) is 5.52 Å². The van der Waals surface area contributed by atoms with Crippen LogP contribution in [-0.2, 0) is 27.2 Å². The molecular weight excluding hydrogens is 508 g/mol. The van der Waals surface area contributed by atoms with E-state index in [9.17, 15) is 14.7 Å². The fraction of sp³-hybridized carbons (Fsp3) is 0.483. The molecule has 3 aromatic rings. The maximum atomic E-state index is 16.5. The van der Waals surface area contributed by atoms with Crippen LogP contribution in [0.15, 0.2) is 40.8 Å². The minimum atomic E-state index is -2.70. The van der Waals surface area contributed by atoms with E-state index in [4.69, 9.17) is 9.15 Å². The van der Waals surface area contributed by atoms with Gasteiger partial charge in [-0.2, -0.15) is 9.37 Å². The van der Waals surface area contributed by atoms with Gasteiger partial charge in [0.25, 0.3) is 0 Å². The fourth-order valence-corrected chi connectivity index (χ4v) is 6.03. The summed E-state index contributed by atoms with van der Waals surface area (Å²) >= 11 is 0. The van der Waals surface area contributed by atoms with Crippen molar-refractivity contribution >= 4 is 34.6 Å². The number of carboxylic acids is 1. The molecule has 1 aliphatic carbocycles. The molecule has 0 amide bonds. The topological polar surface area (TPSA) is 96.1 Å². The van der Waals surface area contributed by atoms with Crippen LogP contribution in [0.4, 0.5) is 20.5 Å². The average molecular weight is 540 g/mol. The zero-order valence-electron chi connectivity index (χ0n) is 21.6. The number of oxazole rings is 1. The number of carboxylic acid groups (broad SMARTS) is 1. The summed E-state index contributed by atoms with van der Waals surface area (Å²) in [6.45, 7) is 1.37. The lowest BCUT2D eigenvalue weighted by Gasteiger charge is -2.37. The third-order valence-electron chi connectivity index (χ3n) is 8.24. The molecule has 1 N–H and O–H groups in total. The number of alkyl halides is 1. The normalized spacial score (nSPS) is 23.2. The summed E-state index contributed by atoms with van der Waals surface area (Å²) in [6.07, 6.45) is 2.63. The summed E-state index contributed by atoms with van der Waals surface area (Å²) in [6, 6.07) is 11.2. The molecule has 39 heavy (non-hydrogen) atoms. The summed E-state index contributed by atoms with van der Waals surface area (Å²) in [5.74, 6) is -5.67. The second-order valence-corrected chi connectivity index (χ2v) is 10.7. The highest BCUT2D eigenvalue weighted by Crippen LogP contribution is 2.37. The third-order valence-corrected chi connectivity index (χ3v) is 8.24. The van der Waals surface area contributed by atoms with Crippen LogP contribution < -0.4 is 4.90 Å². The molecule has 1 saturated carbocycles. The van der Waals surface area contributed by atoms with Gasteiger partial charge in [-0.3, -0.25) is 14.5 Å². The van der Waals surface area contributed by atoms with Gasteiger partial charge in [-0.05, 0) is 68.2 Å². The number of Topliss-reactive ketones (excluding diaryl/α,β-unsaturated/α-hetero) is 1. The number of aromatic nitrogens is 1. The maximum Gasteiger partial charge on any atom is 0.330 e. The Balaban J connectivity index is 1.23. The monoisotopic (exact) mass is 539 g/mol. The van der Waals surface area contributed by atoms with Crippen LogP contribution >= 0.6 is 0 Å². The first-order valence-corrected chi connectivity index (χ1v) is 13.6. The molecule has 1 aromatic heterocycles. The fourth-order valence-electron chi connectivity index (χ4n) is 6.03. The zero-order chi connectivity index (χ0) is 27.1. The smallest absolute Gasteiger partial charge is 0.330 e. The number of ketones is 1. The van der Waals surface area contributed by atoms with Crippen molar-refractivity contribution in [3.63, 3.8) is 0 Å². The summed E-state index contributed by atoms with van der Waals surface area (Å²) in [5.41, 5.74) is 2.38. The van der Waals surface area contributed by atoms with E-state index in [1.54, 1.807) is 6.07 Å². The largest absolute Gasteiger partial charge is 0.481 e. The van der Waals surface area contributed by atoms with Crippen molar-refractivity contribution in [2.45, 2.75) is 63.4 Å². The molecule has 2 aromatic carbocycles. The second-order valence-electron chi connectivity index (χ2n) is 10.7. The average Bonchev–Trinajstić information content (AvgIpc) is 3.70. The first-order valence-electron chi connectivity index (χ1n) is 13.6.